The van der Waals surface area contributed by atoms with Crippen LogP contribution in [0.5, 0.6) is 0 Å². The molecule has 1 atom stereocenters. The van der Waals surface area contributed by atoms with E-state index in [1.807, 2.05) is 7.05 Å². The number of amides is 1. The zero-order valence-corrected chi connectivity index (χ0v) is 13.4. The van der Waals surface area contributed by atoms with Crippen LogP contribution in [0.1, 0.15) is 25.0 Å². The number of hydrogen-bond acceptors (Lipinski definition) is 5. The van der Waals surface area contributed by atoms with Gasteiger partial charge in [0.25, 0.3) is 0 Å². The van der Waals surface area contributed by atoms with Gasteiger partial charge in [-0.25, -0.2) is 9.97 Å². The summed E-state index contributed by atoms with van der Waals surface area (Å²) in [5, 5.41) is 2.86. The van der Waals surface area contributed by atoms with Gasteiger partial charge < -0.3 is 10.2 Å². The SMILES string of the molecule is CN1CCN(c2nccc(C(F)(F)F)n2)CC12CCNC(=O)CC2. The van der Waals surface area contributed by atoms with Crippen LogP contribution in [0.2, 0.25) is 0 Å². The summed E-state index contributed by atoms with van der Waals surface area (Å²) in [7, 11) is 2.00. The summed E-state index contributed by atoms with van der Waals surface area (Å²) in [6.45, 7) is 2.33. The number of nitrogens with one attached hydrogen (secondary N) is 1. The van der Waals surface area contributed by atoms with Crippen LogP contribution < -0.4 is 10.2 Å². The number of halogens is 3. The number of nitrogens with zero attached hydrogens (tertiary/aromatic N) is 4. The zero-order valence-electron chi connectivity index (χ0n) is 13.4. The molecule has 1 spiro atoms. The molecule has 2 fully saturated rings. The Morgan fingerprint density at radius 3 is 2.83 bits per heavy atom. The van der Waals surface area contributed by atoms with Crippen molar-refractivity contribution in [2.75, 3.05) is 38.1 Å². The van der Waals surface area contributed by atoms with Crippen LogP contribution in [0.3, 0.4) is 0 Å². The number of likely N-dealkylation sites (N-methyl/N-ethyl adjacent to an activating group) is 1. The number of aromatic nitrogens is 2. The van der Waals surface area contributed by atoms with E-state index in [0.29, 0.717) is 39.0 Å². The van der Waals surface area contributed by atoms with Crippen LogP contribution in [-0.4, -0.2) is 59.5 Å². The van der Waals surface area contributed by atoms with Crippen molar-refractivity contribution in [1.82, 2.24) is 20.2 Å². The summed E-state index contributed by atoms with van der Waals surface area (Å²) in [4.78, 5) is 23.4. The summed E-state index contributed by atoms with van der Waals surface area (Å²) in [5.74, 6) is 0.119. The fraction of sp³-hybridized carbons (Fsp3) is 0.667. The van der Waals surface area contributed by atoms with Gasteiger partial charge in [0.15, 0.2) is 0 Å². The number of rotatable bonds is 1. The first-order chi connectivity index (χ1) is 11.3. The second-order valence-electron chi connectivity index (χ2n) is 6.41. The Labute approximate surface area is 138 Å². The van der Waals surface area contributed by atoms with Crippen LogP contribution in [0.15, 0.2) is 12.3 Å². The van der Waals surface area contributed by atoms with E-state index in [9.17, 15) is 18.0 Å². The lowest BCUT2D eigenvalue weighted by atomic mass is 9.86. The molecular weight excluding hydrogens is 323 g/mol. The van der Waals surface area contributed by atoms with Gasteiger partial charge >= 0.3 is 6.18 Å². The Morgan fingerprint density at radius 1 is 1.29 bits per heavy atom. The number of alkyl halides is 3. The third kappa shape index (κ3) is 3.31. The van der Waals surface area contributed by atoms with E-state index >= 15 is 0 Å². The molecule has 2 aliphatic rings. The molecule has 0 saturated carbocycles. The van der Waals surface area contributed by atoms with Gasteiger partial charge in [-0.1, -0.05) is 0 Å². The lowest BCUT2D eigenvalue weighted by Crippen LogP contribution is -2.61. The summed E-state index contributed by atoms with van der Waals surface area (Å²) >= 11 is 0. The lowest BCUT2D eigenvalue weighted by Gasteiger charge is -2.49. The third-order valence-electron chi connectivity index (χ3n) is 4.95. The first-order valence-corrected chi connectivity index (χ1v) is 7.93. The van der Waals surface area contributed by atoms with Gasteiger partial charge in [-0.15, -0.1) is 0 Å². The minimum atomic E-state index is -4.49. The van der Waals surface area contributed by atoms with Gasteiger partial charge in [-0.2, -0.15) is 13.2 Å². The van der Waals surface area contributed by atoms with E-state index < -0.39 is 11.9 Å². The van der Waals surface area contributed by atoms with E-state index in [1.165, 1.54) is 0 Å². The van der Waals surface area contributed by atoms with Crippen molar-refractivity contribution in [1.29, 1.82) is 0 Å². The third-order valence-corrected chi connectivity index (χ3v) is 4.95. The van der Waals surface area contributed by atoms with Crippen molar-refractivity contribution >= 4 is 11.9 Å². The Kier molecular flexibility index (Phi) is 4.37. The minimum Gasteiger partial charge on any atom is -0.356 e. The molecule has 132 valence electrons. The van der Waals surface area contributed by atoms with E-state index in [4.69, 9.17) is 0 Å². The molecule has 0 aliphatic carbocycles. The van der Waals surface area contributed by atoms with Crippen molar-refractivity contribution < 1.29 is 18.0 Å². The number of hydrogen-bond donors (Lipinski definition) is 1. The molecule has 3 heterocycles. The second-order valence-corrected chi connectivity index (χ2v) is 6.41. The van der Waals surface area contributed by atoms with Gasteiger partial charge in [0.1, 0.15) is 5.69 Å². The molecule has 0 bridgehead atoms. The highest BCUT2D eigenvalue weighted by molar-refractivity contribution is 5.76. The van der Waals surface area contributed by atoms with E-state index in [0.717, 1.165) is 18.7 Å². The number of piperazine rings is 1. The molecule has 0 aromatic carbocycles. The van der Waals surface area contributed by atoms with Crippen LogP contribution in [0, 0.1) is 0 Å². The number of carbonyl (C=O) groups excluding carboxylic acids is 1. The van der Waals surface area contributed by atoms with Gasteiger partial charge in [0.05, 0.1) is 0 Å². The zero-order chi connectivity index (χ0) is 17.4. The fourth-order valence-electron chi connectivity index (χ4n) is 3.43. The topological polar surface area (TPSA) is 61.4 Å². The molecule has 3 rings (SSSR count). The van der Waals surface area contributed by atoms with Gasteiger partial charge in [-0.3, -0.25) is 9.69 Å². The molecule has 9 heteroatoms. The Balaban J connectivity index is 1.84. The summed E-state index contributed by atoms with van der Waals surface area (Å²) in [6, 6.07) is 0.879. The summed E-state index contributed by atoms with van der Waals surface area (Å²) < 4.78 is 38.6. The highest BCUT2D eigenvalue weighted by Crippen LogP contribution is 2.33. The number of carbonyl (C=O) groups is 1. The van der Waals surface area contributed by atoms with E-state index in [-0.39, 0.29) is 17.4 Å². The second kappa shape index (κ2) is 6.19. The first kappa shape index (κ1) is 16.9. The average molecular weight is 343 g/mol. The highest BCUT2D eigenvalue weighted by atomic mass is 19.4. The quantitative estimate of drug-likeness (QED) is 0.833. The first-order valence-electron chi connectivity index (χ1n) is 7.93. The average Bonchev–Trinajstić information content (AvgIpc) is 2.72. The van der Waals surface area contributed by atoms with Crippen LogP contribution >= 0.6 is 0 Å². The minimum absolute atomic E-state index is 0.0210. The molecule has 1 amide bonds. The summed E-state index contributed by atoms with van der Waals surface area (Å²) in [6.07, 6.45) is -1.49. The van der Waals surface area contributed by atoms with Crippen LogP contribution in [-0.2, 0) is 11.0 Å². The largest absolute Gasteiger partial charge is 0.433 e. The fourth-order valence-corrected chi connectivity index (χ4v) is 3.43. The van der Waals surface area contributed by atoms with E-state index in [1.54, 1.807) is 4.90 Å². The van der Waals surface area contributed by atoms with Gasteiger partial charge in [-0.05, 0) is 26.0 Å². The molecule has 2 aliphatic heterocycles. The molecule has 2 saturated heterocycles. The maximum absolute atomic E-state index is 12.9. The van der Waals surface area contributed by atoms with Crippen molar-refractivity contribution in [3.8, 4) is 0 Å². The van der Waals surface area contributed by atoms with Crippen LogP contribution in [0.25, 0.3) is 0 Å². The van der Waals surface area contributed by atoms with Crippen molar-refractivity contribution in [3.63, 3.8) is 0 Å². The maximum Gasteiger partial charge on any atom is 0.433 e. The van der Waals surface area contributed by atoms with Crippen molar-refractivity contribution in [3.05, 3.63) is 18.0 Å². The predicted octanol–water partition coefficient (Wildman–Crippen LogP) is 1.29. The maximum atomic E-state index is 12.9. The Bertz CT molecular complexity index is 623. The van der Waals surface area contributed by atoms with Crippen LogP contribution in [0.4, 0.5) is 19.1 Å². The molecule has 1 N–H and O–H groups in total. The predicted molar refractivity (Wildman–Crippen MR) is 81.5 cm³/mol. The normalized spacial score (nSPS) is 26.3. The number of anilines is 1. The molecule has 1 aromatic rings. The molecule has 6 nitrogen and oxygen atoms in total. The summed E-state index contributed by atoms with van der Waals surface area (Å²) in [5.41, 5.74) is -1.19. The molecular formula is C15H20F3N5O. The molecule has 0 radical (unpaired) electrons. The lowest BCUT2D eigenvalue weighted by molar-refractivity contribution is -0.141. The standard InChI is InChI=1S/C15H20F3N5O/c1-22-8-9-23(10-14(22)4-2-12(24)19-7-5-14)13-20-6-3-11(21-13)15(16,17)18/h3,6H,2,4-5,7-10H2,1H3,(H,19,24). The Hall–Kier alpha value is -1.90. The highest BCUT2D eigenvalue weighted by Gasteiger charge is 2.42. The smallest absolute Gasteiger partial charge is 0.356 e. The van der Waals surface area contributed by atoms with Gasteiger partial charge in [0.2, 0.25) is 11.9 Å². The Morgan fingerprint density at radius 2 is 2.08 bits per heavy atom. The molecule has 1 unspecified atom stereocenters. The van der Waals surface area contributed by atoms with Crippen molar-refractivity contribution in [2.45, 2.75) is 31.0 Å². The van der Waals surface area contributed by atoms with Crippen molar-refractivity contribution in [2.24, 2.45) is 0 Å². The molecule has 24 heavy (non-hydrogen) atoms. The molecule has 1 aromatic heterocycles. The van der Waals surface area contributed by atoms with Gasteiger partial charge in [0, 0.05) is 44.3 Å². The monoisotopic (exact) mass is 343 g/mol. The van der Waals surface area contributed by atoms with E-state index in [2.05, 4.69) is 20.2 Å².